The molecule has 1 aliphatic rings. The minimum Gasteiger partial charge on any atom is -0.493 e. The van der Waals surface area contributed by atoms with Crippen LogP contribution in [0.5, 0.6) is 11.5 Å². The van der Waals surface area contributed by atoms with Crippen molar-refractivity contribution in [2.45, 2.75) is 6.17 Å². The van der Waals surface area contributed by atoms with Gasteiger partial charge in [0.25, 0.3) is 23.2 Å². The van der Waals surface area contributed by atoms with E-state index >= 15 is 0 Å². The normalized spacial score (nSPS) is 14.3. The first-order valence-corrected chi connectivity index (χ1v) is 10.4. The molecule has 0 fully saturated rings. The van der Waals surface area contributed by atoms with Crippen LogP contribution in [0.4, 0.5) is 17.1 Å². The van der Waals surface area contributed by atoms with E-state index in [1.807, 2.05) is 0 Å². The Hall–Kier alpha value is -5.20. The number of nitro benzene ring substituents is 2. The number of hydrogen-bond acceptors (Lipinski definition) is 9. The first kappa shape index (κ1) is 23.9. The average molecular weight is 493 g/mol. The first-order chi connectivity index (χ1) is 17.2. The minimum atomic E-state index is -1.21. The Morgan fingerprint density at radius 2 is 1.61 bits per heavy atom. The molecule has 184 valence electrons. The summed E-state index contributed by atoms with van der Waals surface area (Å²) in [4.78, 5) is 48.0. The number of amides is 2. The summed E-state index contributed by atoms with van der Waals surface area (Å²) in [5.74, 6) is -1.11. The topological polar surface area (TPSA) is 166 Å². The fourth-order valence-electron chi connectivity index (χ4n) is 3.76. The van der Waals surface area contributed by atoms with Crippen molar-refractivity contribution < 1.29 is 28.9 Å². The van der Waals surface area contributed by atoms with Gasteiger partial charge in [-0.3, -0.25) is 35.2 Å². The third kappa shape index (κ3) is 4.32. The monoisotopic (exact) mass is 493 g/mol. The third-order valence-electron chi connectivity index (χ3n) is 5.51. The summed E-state index contributed by atoms with van der Waals surface area (Å²) in [5, 5.41) is 26.8. The summed E-state index contributed by atoms with van der Waals surface area (Å²) in [6.45, 7) is 0. The molecule has 36 heavy (non-hydrogen) atoms. The highest BCUT2D eigenvalue weighted by atomic mass is 16.6. The number of carbonyl (C=O) groups is 2. The highest BCUT2D eigenvalue weighted by Gasteiger charge is 2.38. The van der Waals surface area contributed by atoms with Crippen LogP contribution in [0.25, 0.3) is 0 Å². The number of anilines is 1. The average Bonchev–Trinajstić information content (AvgIpc) is 2.89. The molecule has 3 aromatic rings. The number of nitrogens with one attached hydrogen (secondary N) is 2. The van der Waals surface area contributed by atoms with Crippen molar-refractivity contribution in [3.05, 3.63) is 97.6 Å². The van der Waals surface area contributed by atoms with E-state index in [4.69, 9.17) is 9.47 Å². The summed E-state index contributed by atoms with van der Waals surface area (Å²) < 4.78 is 10.5. The van der Waals surface area contributed by atoms with Crippen LogP contribution in [0.2, 0.25) is 0 Å². The van der Waals surface area contributed by atoms with E-state index in [1.54, 1.807) is 18.2 Å². The molecule has 0 aliphatic carbocycles. The quantitative estimate of drug-likeness (QED) is 0.370. The van der Waals surface area contributed by atoms with Crippen molar-refractivity contribution >= 4 is 28.9 Å². The lowest BCUT2D eigenvalue weighted by Gasteiger charge is -2.37. The third-order valence-corrected chi connectivity index (χ3v) is 5.51. The number of benzene rings is 3. The first-order valence-electron chi connectivity index (χ1n) is 10.4. The molecule has 13 nitrogen and oxygen atoms in total. The number of nitro groups is 2. The molecule has 1 unspecified atom stereocenters. The maximum Gasteiger partial charge on any atom is 0.280 e. The molecular weight excluding hydrogens is 474 g/mol. The summed E-state index contributed by atoms with van der Waals surface area (Å²) >= 11 is 0. The lowest BCUT2D eigenvalue weighted by Crippen LogP contribution is -2.53. The van der Waals surface area contributed by atoms with Gasteiger partial charge in [0.2, 0.25) is 0 Å². The largest absolute Gasteiger partial charge is 0.493 e. The van der Waals surface area contributed by atoms with Crippen LogP contribution in [0.1, 0.15) is 32.4 Å². The molecule has 4 rings (SSSR count). The Labute approximate surface area is 203 Å². The zero-order valence-corrected chi connectivity index (χ0v) is 19.0. The molecule has 3 aromatic carbocycles. The zero-order chi connectivity index (χ0) is 26.0. The highest BCUT2D eigenvalue weighted by Crippen LogP contribution is 2.41. The lowest BCUT2D eigenvalue weighted by molar-refractivity contribution is -0.386. The molecule has 0 aromatic heterocycles. The second kappa shape index (κ2) is 9.58. The minimum absolute atomic E-state index is 0.0181. The zero-order valence-electron chi connectivity index (χ0n) is 19.0. The predicted molar refractivity (Wildman–Crippen MR) is 126 cm³/mol. The summed E-state index contributed by atoms with van der Waals surface area (Å²) in [7, 11) is 2.69. The molecule has 0 saturated heterocycles. The van der Waals surface area contributed by atoms with Gasteiger partial charge in [0.1, 0.15) is 0 Å². The number of hydrazine groups is 1. The van der Waals surface area contributed by atoms with Gasteiger partial charge in [-0.25, -0.2) is 5.01 Å². The predicted octanol–water partition coefficient (Wildman–Crippen LogP) is 3.43. The molecule has 1 aliphatic heterocycles. The summed E-state index contributed by atoms with van der Waals surface area (Å²) in [6.07, 6.45) is -1.21. The number of methoxy groups -OCH3 is 2. The molecule has 0 radical (unpaired) electrons. The van der Waals surface area contributed by atoms with Crippen molar-refractivity contribution in [1.29, 1.82) is 0 Å². The SMILES string of the molecule is COc1cc(C2Nc3ccccc3C(=O)N2NC(=O)c2ccc([N+](=O)[O-])cc2)c([N+](=O)[O-])cc1OC. The van der Waals surface area contributed by atoms with Gasteiger partial charge < -0.3 is 14.8 Å². The molecule has 1 heterocycles. The van der Waals surface area contributed by atoms with Crippen LogP contribution >= 0.6 is 0 Å². The number of ether oxygens (including phenoxy) is 2. The number of rotatable bonds is 7. The number of hydrogen-bond donors (Lipinski definition) is 2. The van der Waals surface area contributed by atoms with Gasteiger partial charge in [0.15, 0.2) is 17.7 Å². The maximum absolute atomic E-state index is 13.4. The van der Waals surface area contributed by atoms with E-state index in [-0.39, 0.29) is 39.6 Å². The Morgan fingerprint density at radius 1 is 0.972 bits per heavy atom. The summed E-state index contributed by atoms with van der Waals surface area (Å²) in [6, 6.07) is 13.8. The van der Waals surface area contributed by atoms with Crippen LogP contribution < -0.4 is 20.2 Å². The van der Waals surface area contributed by atoms with Gasteiger partial charge in [-0.1, -0.05) is 12.1 Å². The number of nitrogens with zero attached hydrogens (tertiary/aromatic N) is 3. The van der Waals surface area contributed by atoms with Gasteiger partial charge >= 0.3 is 0 Å². The van der Waals surface area contributed by atoms with Crippen molar-refractivity contribution in [2.75, 3.05) is 19.5 Å². The molecule has 2 N–H and O–H groups in total. The van der Waals surface area contributed by atoms with Gasteiger partial charge in [-0.05, 0) is 30.3 Å². The van der Waals surface area contributed by atoms with Gasteiger partial charge in [-0.15, -0.1) is 0 Å². The van der Waals surface area contributed by atoms with Crippen molar-refractivity contribution in [1.82, 2.24) is 10.4 Å². The van der Waals surface area contributed by atoms with Gasteiger partial charge in [-0.2, -0.15) is 0 Å². The van der Waals surface area contributed by atoms with E-state index in [1.165, 1.54) is 38.5 Å². The van der Waals surface area contributed by atoms with Gasteiger partial charge in [0, 0.05) is 23.4 Å². The molecule has 0 bridgehead atoms. The molecule has 1 atom stereocenters. The van der Waals surface area contributed by atoms with Crippen LogP contribution in [-0.4, -0.2) is 40.9 Å². The van der Waals surface area contributed by atoms with Gasteiger partial charge in [0.05, 0.1) is 41.3 Å². The van der Waals surface area contributed by atoms with Crippen molar-refractivity contribution in [3.63, 3.8) is 0 Å². The van der Waals surface area contributed by atoms with Crippen molar-refractivity contribution in [3.8, 4) is 11.5 Å². The lowest BCUT2D eigenvalue weighted by atomic mass is 10.0. The number of fused-ring (bicyclic) bond motifs is 1. The highest BCUT2D eigenvalue weighted by molar-refractivity contribution is 6.04. The smallest absolute Gasteiger partial charge is 0.280 e. The van der Waals surface area contributed by atoms with E-state index in [9.17, 15) is 29.8 Å². The molecule has 0 spiro atoms. The fraction of sp³-hybridized carbons (Fsp3) is 0.130. The van der Waals surface area contributed by atoms with Crippen LogP contribution in [0.15, 0.2) is 60.7 Å². The summed E-state index contributed by atoms with van der Waals surface area (Å²) in [5.41, 5.74) is 2.55. The van der Waals surface area contributed by atoms with E-state index in [0.29, 0.717) is 5.69 Å². The molecule has 13 heteroatoms. The Balaban J connectivity index is 1.80. The number of non-ortho nitro benzene ring substituents is 1. The number of para-hydroxylation sites is 1. The van der Waals surface area contributed by atoms with E-state index in [0.717, 1.165) is 23.2 Å². The van der Waals surface area contributed by atoms with Crippen LogP contribution in [0.3, 0.4) is 0 Å². The van der Waals surface area contributed by atoms with Crippen molar-refractivity contribution in [2.24, 2.45) is 0 Å². The molecular formula is C23H19N5O8. The Morgan fingerprint density at radius 3 is 2.22 bits per heavy atom. The van der Waals surface area contributed by atoms with E-state index in [2.05, 4.69) is 10.7 Å². The van der Waals surface area contributed by atoms with Crippen LogP contribution in [0, 0.1) is 20.2 Å². The standard InChI is InChI=1S/C23H19N5O8/c1-35-19-11-16(18(28(33)34)12-20(19)36-2)21-24-17-6-4-3-5-15(17)23(30)26(21)25-22(29)13-7-9-14(10-8-13)27(31)32/h3-12,21,24H,1-2H3,(H,25,29). The second-order valence-electron chi connectivity index (χ2n) is 7.54. The molecule has 0 saturated carbocycles. The fourth-order valence-corrected chi connectivity index (χ4v) is 3.76. The maximum atomic E-state index is 13.4. The Kier molecular flexibility index (Phi) is 6.37. The number of carbonyl (C=O) groups excluding carboxylic acids is 2. The Bertz CT molecular complexity index is 1380. The van der Waals surface area contributed by atoms with E-state index < -0.39 is 27.8 Å². The molecule has 2 amide bonds. The second-order valence-corrected chi connectivity index (χ2v) is 7.54. The van der Waals surface area contributed by atoms with Crippen LogP contribution in [-0.2, 0) is 0 Å².